The van der Waals surface area contributed by atoms with E-state index in [4.69, 9.17) is 11.6 Å². The van der Waals surface area contributed by atoms with Crippen LogP contribution in [0.5, 0.6) is 0 Å². The number of benzene rings is 2. The third kappa shape index (κ3) is 2.51. The van der Waals surface area contributed by atoms with Crippen LogP contribution in [0.1, 0.15) is 0 Å². The van der Waals surface area contributed by atoms with Gasteiger partial charge in [0.15, 0.2) is 0 Å². The van der Waals surface area contributed by atoms with E-state index in [2.05, 4.69) is 4.98 Å². The van der Waals surface area contributed by atoms with E-state index in [0.29, 0.717) is 10.5 Å². The summed E-state index contributed by atoms with van der Waals surface area (Å²) in [4.78, 5) is 24.2. The average Bonchev–Trinajstić information content (AvgIpc) is 2.46. The van der Waals surface area contributed by atoms with Crippen LogP contribution >= 0.6 is 11.6 Å². The molecule has 0 saturated heterocycles. The number of nitrogens with one attached hydrogen (secondary N) is 1. The lowest BCUT2D eigenvalue weighted by molar-refractivity contribution is -0.384. The number of non-ortho nitro benzene ring substituents is 1. The molecule has 0 spiro atoms. The Balaban J connectivity index is 2.15. The number of fused-ring (bicyclic) bond motifs is 1. The van der Waals surface area contributed by atoms with Gasteiger partial charge in [-0.2, -0.15) is 0 Å². The van der Waals surface area contributed by atoms with Gasteiger partial charge in [0.05, 0.1) is 9.95 Å². The fraction of sp³-hybridized carbons (Fsp3) is 0. The van der Waals surface area contributed by atoms with Crippen LogP contribution in [0.3, 0.4) is 0 Å². The second-order valence-corrected chi connectivity index (χ2v) is 4.95. The first-order chi connectivity index (χ1) is 10.0. The monoisotopic (exact) mass is 300 g/mol. The van der Waals surface area contributed by atoms with Gasteiger partial charge >= 0.3 is 0 Å². The lowest BCUT2D eigenvalue weighted by Crippen LogP contribution is -2.02. The van der Waals surface area contributed by atoms with Crippen LogP contribution in [0, 0.1) is 10.1 Å². The molecule has 3 rings (SSSR count). The molecule has 104 valence electrons. The highest BCUT2D eigenvalue weighted by Crippen LogP contribution is 2.32. The van der Waals surface area contributed by atoms with Gasteiger partial charge < -0.3 is 4.98 Å². The smallest absolute Gasteiger partial charge is 0.269 e. The Kier molecular flexibility index (Phi) is 3.19. The lowest BCUT2D eigenvalue weighted by atomic mass is 10.0. The van der Waals surface area contributed by atoms with E-state index in [1.807, 2.05) is 6.07 Å². The van der Waals surface area contributed by atoms with Gasteiger partial charge in [0.2, 0.25) is 5.56 Å². The van der Waals surface area contributed by atoms with Gasteiger partial charge in [-0.15, -0.1) is 0 Å². The molecule has 0 saturated carbocycles. The van der Waals surface area contributed by atoms with Crippen LogP contribution in [0.15, 0.2) is 53.3 Å². The number of H-pyrrole nitrogens is 1. The average molecular weight is 301 g/mol. The van der Waals surface area contributed by atoms with Gasteiger partial charge in [0, 0.05) is 29.3 Å². The number of aromatic amines is 1. The fourth-order valence-electron chi connectivity index (χ4n) is 2.16. The molecule has 0 amide bonds. The number of halogens is 1. The van der Waals surface area contributed by atoms with Gasteiger partial charge in [-0.25, -0.2) is 0 Å². The highest BCUT2D eigenvalue weighted by molar-refractivity contribution is 6.34. The van der Waals surface area contributed by atoms with Gasteiger partial charge in [-0.1, -0.05) is 11.6 Å². The number of nitrogens with zero attached hydrogens (tertiary/aromatic N) is 1. The maximum Gasteiger partial charge on any atom is 0.269 e. The molecule has 0 unspecified atom stereocenters. The van der Waals surface area contributed by atoms with Gasteiger partial charge in [-0.3, -0.25) is 14.9 Å². The molecule has 0 fully saturated rings. The molecule has 0 aliphatic rings. The minimum Gasteiger partial charge on any atom is -0.322 e. The number of pyridine rings is 1. The highest BCUT2D eigenvalue weighted by Gasteiger charge is 2.09. The zero-order valence-electron chi connectivity index (χ0n) is 10.7. The Labute approximate surface area is 124 Å². The molecule has 0 aliphatic carbocycles. The van der Waals surface area contributed by atoms with Crippen LogP contribution in [-0.2, 0) is 0 Å². The van der Waals surface area contributed by atoms with Crippen molar-refractivity contribution < 1.29 is 4.92 Å². The highest BCUT2D eigenvalue weighted by atomic mass is 35.5. The summed E-state index contributed by atoms with van der Waals surface area (Å²) in [5.74, 6) is 0. The molecular formula is C15H9ClN2O3. The van der Waals surface area contributed by atoms with Crippen molar-refractivity contribution in [3.63, 3.8) is 0 Å². The summed E-state index contributed by atoms with van der Waals surface area (Å²) in [6, 6.07) is 12.8. The van der Waals surface area contributed by atoms with Gasteiger partial charge in [-0.05, 0) is 41.3 Å². The first-order valence-corrected chi connectivity index (χ1v) is 6.50. The Morgan fingerprint density at radius 2 is 1.76 bits per heavy atom. The van der Waals surface area contributed by atoms with Crippen LogP contribution in [-0.4, -0.2) is 9.91 Å². The SMILES string of the molecule is O=c1ccc2cc(-c3ccc([N+](=O)[O-])cc3)c(Cl)cc2[nH]1. The Hall–Kier alpha value is -2.66. The van der Waals surface area contributed by atoms with Crippen molar-refractivity contribution in [1.29, 1.82) is 0 Å². The van der Waals surface area contributed by atoms with Crippen molar-refractivity contribution in [2.45, 2.75) is 0 Å². The molecule has 1 aromatic heterocycles. The third-order valence-electron chi connectivity index (χ3n) is 3.20. The molecule has 21 heavy (non-hydrogen) atoms. The minimum atomic E-state index is -0.448. The fourth-order valence-corrected chi connectivity index (χ4v) is 2.43. The summed E-state index contributed by atoms with van der Waals surface area (Å²) in [5.41, 5.74) is 2.02. The molecule has 2 aromatic carbocycles. The Morgan fingerprint density at radius 1 is 1.05 bits per heavy atom. The first-order valence-electron chi connectivity index (χ1n) is 6.12. The molecule has 0 aliphatic heterocycles. The number of nitro benzene ring substituents is 1. The number of rotatable bonds is 2. The molecule has 6 heteroatoms. The Bertz CT molecular complexity index is 901. The summed E-state index contributed by atoms with van der Waals surface area (Å²) in [6.07, 6.45) is 0. The maximum absolute atomic E-state index is 11.3. The predicted molar refractivity (Wildman–Crippen MR) is 81.7 cm³/mol. The van der Waals surface area contributed by atoms with E-state index < -0.39 is 4.92 Å². The van der Waals surface area contributed by atoms with E-state index >= 15 is 0 Å². The van der Waals surface area contributed by atoms with E-state index in [1.54, 1.807) is 24.3 Å². The summed E-state index contributed by atoms with van der Waals surface area (Å²) in [7, 11) is 0. The second kappa shape index (κ2) is 5.03. The lowest BCUT2D eigenvalue weighted by Gasteiger charge is -2.07. The Morgan fingerprint density at radius 3 is 2.43 bits per heavy atom. The molecule has 0 radical (unpaired) electrons. The van der Waals surface area contributed by atoms with E-state index in [9.17, 15) is 14.9 Å². The summed E-state index contributed by atoms with van der Waals surface area (Å²) < 4.78 is 0. The normalized spacial score (nSPS) is 10.7. The van der Waals surface area contributed by atoms with E-state index in [-0.39, 0.29) is 11.2 Å². The van der Waals surface area contributed by atoms with Crippen molar-refractivity contribution >= 4 is 28.2 Å². The second-order valence-electron chi connectivity index (χ2n) is 4.55. The van der Waals surface area contributed by atoms with Crippen molar-refractivity contribution in [2.75, 3.05) is 0 Å². The topological polar surface area (TPSA) is 76.0 Å². The molecule has 1 heterocycles. The zero-order valence-corrected chi connectivity index (χ0v) is 11.4. The first kappa shape index (κ1) is 13.3. The van der Waals surface area contributed by atoms with Crippen LogP contribution < -0.4 is 5.56 Å². The van der Waals surface area contributed by atoms with Crippen LogP contribution in [0.25, 0.3) is 22.0 Å². The minimum absolute atomic E-state index is 0.0278. The summed E-state index contributed by atoms with van der Waals surface area (Å²) >= 11 is 6.24. The number of hydrogen-bond acceptors (Lipinski definition) is 3. The van der Waals surface area contributed by atoms with Crippen molar-refractivity contribution in [2.24, 2.45) is 0 Å². The maximum atomic E-state index is 11.3. The molecule has 1 N–H and O–H groups in total. The number of aromatic nitrogens is 1. The quantitative estimate of drug-likeness (QED) is 0.578. The van der Waals surface area contributed by atoms with Crippen LogP contribution in [0.2, 0.25) is 5.02 Å². The third-order valence-corrected chi connectivity index (χ3v) is 3.51. The van der Waals surface area contributed by atoms with Crippen molar-refractivity contribution in [1.82, 2.24) is 4.98 Å². The molecule has 0 atom stereocenters. The number of nitro groups is 1. The van der Waals surface area contributed by atoms with E-state index in [1.165, 1.54) is 18.2 Å². The van der Waals surface area contributed by atoms with Crippen molar-refractivity contribution in [3.05, 3.63) is 74.0 Å². The predicted octanol–water partition coefficient (Wildman–Crippen LogP) is 3.76. The summed E-state index contributed by atoms with van der Waals surface area (Å²) in [6.45, 7) is 0. The molecule has 3 aromatic rings. The van der Waals surface area contributed by atoms with E-state index in [0.717, 1.165) is 16.5 Å². The molecular weight excluding hydrogens is 292 g/mol. The largest absolute Gasteiger partial charge is 0.322 e. The standard InChI is InChI=1S/C15H9ClN2O3/c16-13-8-14-10(3-6-15(19)17-14)7-12(13)9-1-4-11(5-2-9)18(20)21/h1-8H,(H,17,19). The van der Waals surface area contributed by atoms with Crippen LogP contribution in [0.4, 0.5) is 5.69 Å². The molecule has 5 nitrogen and oxygen atoms in total. The number of hydrogen-bond donors (Lipinski definition) is 1. The molecule has 0 bridgehead atoms. The summed E-state index contributed by atoms with van der Waals surface area (Å²) in [5, 5.41) is 12.0. The zero-order chi connectivity index (χ0) is 15.0. The van der Waals surface area contributed by atoms with Crippen molar-refractivity contribution in [3.8, 4) is 11.1 Å². The van der Waals surface area contributed by atoms with Gasteiger partial charge in [0.25, 0.3) is 5.69 Å². The van der Waals surface area contributed by atoms with Gasteiger partial charge in [0.1, 0.15) is 0 Å².